The molecular weight excluding hydrogens is 480 g/mol. The van der Waals surface area contributed by atoms with E-state index in [2.05, 4.69) is 10.3 Å². The van der Waals surface area contributed by atoms with Gasteiger partial charge in [0.25, 0.3) is 0 Å². The molecule has 0 atom stereocenters. The van der Waals surface area contributed by atoms with Crippen LogP contribution in [0.15, 0.2) is 52.4 Å². The number of thioether (sulfide) groups is 1. The first kappa shape index (κ1) is 21.6. The smallest absolute Gasteiger partial charge is 0.193 e. The van der Waals surface area contributed by atoms with Gasteiger partial charge in [0.1, 0.15) is 5.82 Å². The second kappa shape index (κ2) is 11.2. The zero-order chi connectivity index (χ0) is 18.2. The summed E-state index contributed by atoms with van der Waals surface area (Å²) in [6.07, 6.45) is 1.75. The first-order valence-electron chi connectivity index (χ1n) is 8.56. The van der Waals surface area contributed by atoms with Gasteiger partial charge < -0.3 is 20.5 Å². The molecule has 0 amide bonds. The molecule has 0 saturated carbocycles. The number of nitrogens with zero attached hydrogens (tertiary/aromatic N) is 1. The quantitative estimate of drug-likeness (QED) is 0.200. The van der Waals surface area contributed by atoms with Gasteiger partial charge in [-0.3, -0.25) is 4.99 Å². The topological polar surface area (TPSA) is 68.9 Å². The van der Waals surface area contributed by atoms with Gasteiger partial charge in [-0.15, -0.1) is 35.7 Å². The van der Waals surface area contributed by atoms with Gasteiger partial charge in [-0.1, -0.05) is 0 Å². The Kier molecular flexibility index (Phi) is 8.99. The normalized spacial score (nSPS) is 13.4. The van der Waals surface area contributed by atoms with Crippen LogP contribution >= 0.6 is 35.7 Å². The average Bonchev–Trinajstić information content (AvgIpc) is 2.88. The lowest BCUT2D eigenvalue weighted by molar-refractivity contribution is 0.297. The Morgan fingerprint density at radius 3 is 2.63 bits per heavy atom. The number of nitrogens with two attached hydrogens (primary N) is 1. The van der Waals surface area contributed by atoms with E-state index in [0.29, 0.717) is 25.7 Å². The summed E-state index contributed by atoms with van der Waals surface area (Å²) in [6.45, 7) is 1.93. The fourth-order valence-electron chi connectivity index (χ4n) is 2.41. The first-order valence-corrected chi connectivity index (χ1v) is 9.54. The molecule has 1 aliphatic rings. The number of hydrogen-bond acceptors (Lipinski definition) is 4. The van der Waals surface area contributed by atoms with Crippen molar-refractivity contribution >= 4 is 47.4 Å². The number of anilines is 1. The molecule has 0 spiro atoms. The molecule has 0 radical (unpaired) electrons. The van der Waals surface area contributed by atoms with Gasteiger partial charge in [0, 0.05) is 29.6 Å². The lowest BCUT2D eigenvalue weighted by atomic mass is 10.3. The van der Waals surface area contributed by atoms with E-state index < -0.39 is 0 Å². The SMILES string of the molecule is I.NC(=NCCCSc1ccc(F)cc1)Nc1ccc2c(c1)OCCCO2. The largest absolute Gasteiger partial charge is 0.490 e. The minimum absolute atomic E-state index is 0. The van der Waals surface area contributed by atoms with E-state index in [9.17, 15) is 4.39 Å². The second-order valence-electron chi connectivity index (χ2n) is 5.76. The molecule has 0 aromatic heterocycles. The Balaban J connectivity index is 0.00000261. The highest BCUT2D eigenvalue weighted by molar-refractivity contribution is 14.0. The zero-order valence-electron chi connectivity index (χ0n) is 14.8. The molecular formula is C19H23FIN3O2S. The molecule has 3 N–H and O–H groups in total. The molecule has 5 nitrogen and oxygen atoms in total. The minimum Gasteiger partial charge on any atom is -0.490 e. The number of hydrogen-bond donors (Lipinski definition) is 2. The summed E-state index contributed by atoms with van der Waals surface area (Å²) in [4.78, 5) is 5.38. The Bertz CT molecular complexity index is 759. The maximum Gasteiger partial charge on any atom is 0.193 e. The molecule has 0 unspecified atom stereocenters. The highest BCUT2D eigenvalue weighted by atomic mass is 127. The van der Waals surface area contributed by atoms with E-state index >= 15 is 0 Å². The van der Waals surface area contributed by atoms with E-state index in [4.69, 9.17) is 15.2 Å². The van der Waals surface area contributed by atoms with Crippen LogP contribution in [0.4, 0.5) is 10.1 Å². The summed E-state index contributed by atoms with van der Waals surface area (Å²) >= 11 is 1.67. The third-order valence-corrected chi connectivity index (χ3v) is 4.79. The van der Waals surface area contributed by atoms with Crippen molar-refractivity contribution in [3.05, 3.63) is 48.3 Å². The second-order valence-corrected chi connectivity index (χ2v) is 6.93. The van der Waals surface area contributed by atoms with Gasteiger partial charge in [-0.25, -0.2) is 4.39 Å². The maximum absolute atomic E-state index is 12.8. The molecule has 0 bridgehead atoms. The van der Waals surface area contributed by atoms with Crippen molar-refractivity contribution in [1.82, 2.24) is 0 Å². The van der Waals surface area contributed by atoms with Crippen molar-refractivity contribution in [2.75, 3.05) is 30.8 Å². The highest BCUT2D eigenvalue weighted by Gasteiger charge is 2.10. The number of fused-ring (bicyclic) bond motifs is 1. The van der Waals surface area contributed by atoms with Gasteiger partial charge >= 0.3 is 0 Å². The average molecular weight is 503 g/mol. The lowest BCUT2D eigenvalue weighted by Crippen LogP contribution is -2.22. The third kappa shape index (κ3) is 7.10. The van der Waals surface area contributed by atoms with Crippen LogP contribution in [-0.2, 0) is 0 Å². The Labute approximate surface area is 179 Å². The van der Waals surface area contributed by atoms with Crippen molar-refractivity contribution in [3.8, 4) is 11.5 Å². The van der Waals surface area contributed by atoms with Crippen LogP contribution in [0.5, 0.6) is 11.5 Å². The zero-order valence-corrected chi connectivity index (χ0v) is 18.0. The van der Waals surface area contributed by atoms with Gasteiger partial charge in [0.2, 0.25) is 0 Å². The van der Waals surface area contributed by atoms with E-state index in [1.165, 1.54) is 12.1 Å². The van der Waals surface area contributed by atoms with Crippen LogP contribution in [0.25, 0.3) is 0 Å². The van der Waals surface area contributed by atoms with Crippen molar-refractivity contribution in [1.29, 1.82) is 0 Å². The monoisotopic (exact) mass is 503 g/mol. The number of ether oxygens (including phenoxy) is 2. The van der Waals surface area contributed by atoms with Crippen LogP contribution in [-0.4, -0.2) is 31.5 Å². The Morgan fingerprint density at radius 1 is 1.11 bits per heavy atom. The maximum atomic E-state index is 12.8. The van der Waals surface area contributed by atoms with E-state index in [1.54, 1.807) is 23.9 Å². The van der Waals surface area contributed by atoms with Gasteiger partial charge in [-0.05, 0) is 48.6 Å². The summed E-state index contributed by atoms with van der Waals surface area (Å²) in [6, 6.07) is 12.1. The van der Waals surface area contributed by atoms with Gasteiger partial charge in [-0.2, -0.15) is 0 Å². The molecule has 8 heteroatoms. The molecule has 2 aromatic carbocycles. The van der Waals surface area contributed by atoms with Crippen molar-refractivity contribution in [2.45, 2.75) is 17.7 Å². The fraction of sp³-hybridized carbons (Fsp3) is 0.316. The summed E-state index contributed by atoms with van der Waals surface area (Å²) < 4.78 is 24.1. The fourth-order valence-corrected chi connectivity index (χ4v) is 3.25. The van der Waals surface area contributed by atoms with Gasteiger partial charge in [0.15, 0.2) is 17.5 Å². The summed E-state index contributed by atoms with van der Waals surface area (Å²) in [5.74, 6) is 2.52. The van der Waals surface area contributed by atoms with E-state index in [0.717, 1.165) is 40.7 Å². The molecule has 3 rings (SSSR count). The number of halogens is 2. The standard InChI is InChI=1S/C19H22FN3O2S.HI/c20-14-3-6-16(7-4-14)26-12-1-9-22-19(21)23-15-5-8-17-18(13-15)25-11-2-10-24-17;/h3-8,13H,1-2,9-12H2,(H3,21,22,23);1H. The van der Waals surface area contributed by atoms with Crippen LogP contribution < -0.4 is 20.5 Å². The molecule has 0 fully saturated rings. The van der Waals surface area contributed by atoms with Crippen molar-refractivity contribution in [2.24, 2.45) is 10.7 Å². The third-order valence-electron chi connectivity index (χ3n) is 3.69. The van der Waals surface area contributed by atoms with Crippen LogP contribution in [0.2, 0.25) is 0 Å². The van der Waals surface area contributed by atoms with Gasteiger partial charge in [0.05, 0.1) is 13.2 Å². The summed E-state index contributed by atoms with van der Waals surface area (Å²) in [5, 5.41) is 3.07. The van der Waals surface area contributed by atoms with E-state index in [-0.39, 0.29) is 29.8 Å². The molecule has 1 heterocycles. The Morgan fingerprint density at radius 2 is 1.85 bits per heavy atom. The molecule has 146 valence electrons. The number of benzene rings is 2. The number of guanidine groups is 1. The number of nitrogens with one attached hydrogen (secondary N) is 1. The van der Waals surface area contributed by atoms with E-state index in [1.807, 2.05) is 18.2 Å². The predicted molar refractivity (Wildman–Crippen MR) is 119 cm³/mol. The van der Waals surface area contributed by atoms with Crippen LogP contribution in [0.3, 0.4) is 0 Å². The predicted octanol–water partition coefficient (Wildman–Crippen LogP) is 4.51. The molecule has 27 heavy (non-hydrogen) atoms. The molecule has 2 aromatic rings. The van der Waals surface area contributed by atoms with Crippen LogP contribution in [0.1, 0.15) is 12.8 Å². The lowest BCUT2D eigenvalue weighted by Gasteiger charge is -2.10. The Hall–Kier alpha value is -1.68. The highest BCUT2D eigenvalue weighted by Crippen LogP contribution is 2.32. The first-order chi connectivity index (χ1) is 12.7. The molecule has 0 aliphatic carbocycles. The molecule has 0 saturated heterocycles. The van der Waals surface area contributed by atoms with Crippen molar-refractivity contribution in [3.63, 3.8) is 0 Å². The summed E-state index contributed by atoms with van der Waals surface area (Å²) in [7, 11) is 0. The molecule has 1 aliphatic heterocycles. The minimum atomic E-state index is -0.215. The number of rotatable bonds is 6. The number of aliphatic imine (C=N–C) groups is 1. The van der Waals surface area contributed by atoms with Crippen LogP contribution in [0, 0.1) is 5.82 Å². The summed E-state index contributed by atoms with van der Waals surface area (Å²) in [5.41, 5.74) is 6.76. The van der Waals surface area contributed by atoms with Crippen molar-refractivity contribution < 1.29 is 13.9 Å².